The fraction of sp³-hybridized carbons (Fsp3) is 0.312. The Bertz CT molecular complexity index is 674. The Labute approximate surface area is 123 Å². The zero-order chi connectivity index (χ0) is 15.4. The Kier molecular flexibility index (Phi) is 4.52. The first-order chi connectivity index (χ1) is 10.0. The summed E-state index contributed by atoms with van der Waals surface area (Å²) in [6, 6.07) is 6.97. The van der Waals surface area contributed by atoms with Crippen molar-refractivity contribution in [2.45, 2.75) is 20.3 Å². The van der Waals surface area contributed by atoms with Gasteiger partial charge in [-0.05, 0) is 26.0 Å². The van der Waals surface area contributed by atoms with Crippen LogP contribution in [-0.4, -0.2) is 28.0 Å². The minimum atomic E-state index is -0.243. The number of ketones is 2. The van der Waals surface area contributed by atoms with Crippen LogP contribution in [0, 0.1) is 6.92 Å². The second-order valence-corrected chi connectivity index (χ2v) is 4.75. The Morgan fingerprint density at radius 1 is 1.19 bits per heavy atom. The van der Waals surface area contributed by atoms with E-state index in [9.17, 15) is 9.59 Å². The number of para-hydroxylation sites is 1. The third kappa shape index (κ3) is 3.37. The van der Waals surface area contributed by atoms with Crippen molar-refractivity contribution < 1.29 is 14.3 Å². The van der Waals surface area contributed by atoms with Crippen LogP contribution >= 0.6 is 0 Å². The summed E-state index contributed by atoms with van der Waals surface area (Å²) >= 11 is 0. The molecule has 5 heteroatoms. The number of hydrogen-bond acceptors (Lipinski definition) is 4. The van der Waals surface area contributed by atoms with E-state index in [1.807, 2.05) is 6.92 Å². The lowest BCUT2D eigenvalue weighted by Gasteiger charge is -2.08. The number of ether oxygens (including phenoxy) is 1. The number of Topliss-reactive ketones (excluding diaryl/α,β-unsaturated/α-hetero) is 2. The van der Waals surface area contributed by atoms with E-state index in [-0.39, 0.29) is 18.0 Å². The first-order valence-electron chi connectivity index (χ1n) is 6.81. The van der Waals surface area contributed by atoms with Crippen LogP contribution < -0.4 is 4.74 Å². The van der Waals surface area contributed by atoms with Crippen molar-refractivity contribution in [3.05, 3.63) is 47.3 Å². The molecule has 0 amide bonds. The summed E-state index contributed by atoms with van der Waals surface area (Å²) in [5.41, 5.74) is 1.56. The molecule has 0 aliphatic rings. The van der Waals surface area contributed by atoms with Gasteiger partial charge in [-0.1, -0.05) is 12.1 Å². The molecule has 1 aromatic carbocycles. The minimum Gasteiger partial charge on any atom is -0.493 e. The second-order valence-electron chi connectivity index (χ2n) is 4.75. The van der Waals surface area contributed by atoms with Crippen LogP contribution in [0.1, 0.15) is 39.8 Å². The molecule has 0 unspecified atom stereocenters. The van der Waals surface area contributed by atoms with Gasteiger partial charge < -0.3 is 4.74 Å². The molecule has 0 N–H and O–H groups in total. The molecule has 2 rings (SSSR count). The molecule has 1 aromatic heterocycles. The lowest BCUT2D eigenvalue weighted by atomic mass is 10.0. The molecule has 110 valence electrons. The molecule has 5 nitrogen and oxygen atoms in total. The van der Waals surface area contributed by atoms with Crippen molar-refractivity contribution in [1.82, 2.24) is 9.78 Å². The highest BCUT2D eigenvalue weighted by Gasteiger charge is 2.19. The van der Waals surface area contributed by atoms with E-state index in [1.165, 1.54) is 0 Å². The van der Waals surface area contributed by atoms with Crippen molar-refractivity contribution in [2.24, 2.45) is 7.05 Å². The van der Waals surface area contributed by atoms with Crippen LogP contribution in [0.2, 0.25) is 0 Å². The van der Waals surface area contributed by atoms with Gasteiger partial charge in [-0.15, -0.1) is 0 Å². The monoisotopic (exact) mass is 286 g/mol. The van der Waals surface area contributed by atoms with Crippen LogP contribution in [-0.2, 0) is 7.05 Å². The summed E-state index contributed by atoms with van der Waals surface area (Å²) in [7, 11) is 1.75. The number of aryl methyl sites for hydroxylation is 2. The highest BCUT2D eigenvalue weighted by Crippen LogP contribution is 2.21. The van der Waals surface area contributed by atoms with E-state index in [4.69, 9.17) is 4.74 Å². The third-order valence-corrected chi connectivity index (χ3v) is 3.12. The predicted molar refractivity (Wildman–Crippen MR) is 78.8 cm³/mol. The largest absolute Gasteiger partial charge is 0.493 e. The number of carbonyl (C=O) groups excluding carboxylic acids is 2. The Hall–Kier alpha value is -2.43. The number of nitrogens with zero attached hydrogens (tertiary/aromatic N) is 2. The van der Waals surface area contributed by atoms with E-state index in [0.29, 0.717) is 29.2 Å². The van der Waals surface area contributed by atoms with Gasteiger partial charge >= 0.3 is 0 Å². The summed E-state index contributed by atoms with van der Waals surface area (Å²) in [5.74, 6) is 0.0462. The third-order valence-electron chi connectivity index (χ3n) is 3.12. The summed E-state index contributed by atoms with van der Waals surface area (Å²) in [6.45, 7) is 4.08. The van der Waals surface area contributed by atoms with E-state index in [2.05, 4.69) is 5.10 Å². The lowest BCUT2D eigenvalue weighted by molar-refractivity contribution is 0.0892. The Morgan fingerprint density at radius 2 is 1.86 bits per heavy atom. The van der Waals surface area contributed by atoms with Crippen molar-refractivity contribution >= 4 is 11.6 Å². The van der Waals surface area contributed by atoms with Gasteiger partial charge in [-0.2, -0.15) is 5.10 Å². The van der Waals surface area contributed by atoms with Crippen molar-refractivity contribution in [2.75, 3.05) is 6.61 Å². The quantitative estimate of drug-likeness (QED) is 0.605. The van der Waals surface area contributed by atoms with Gasteiger partial charge in [0.1, 0.15) is 5.75 Å². The minimum absolute atomic E-state index is 0.184. The summed E-state index contributed by atoms with van der Waals surface area (Å²) < 4.78 is 7.00. The summed E-state index contributed by atoms with van der Waals surface area (Å²) in [5, 5.41) is 4.12. The Balaban J connectivity index is 2.18. The molecule has 0 radical (unpaired) electrons. The molecule has 0 saturated heterocycles. The Morgan fingerprint density at radius 3 is 2.48 bits per heavy atom. The molecule has 0 aliphatic carbocycles. The van der Waals surface area contributed by atoms with E-state index in [0.717, 1.165) is 0 Å². The molecule has 0 atom stereocenters. The maximum atomic E-state index is 12.3. The van der Waals surface area contributed by atoms with Crippen LogP contribution in [0.15, 0.2) is 30.5 Å². The van der Waals surface area contributed by atoms with Gasteiger partial charge in [0.05, 0.1) is 29.8 Å². The van der Waals surface area contributed by atoms with E-state index in [1.54, 1.807) is 49.1 Å². The van der Waals surface area contributed by atoms with Crippen LogP contribution in [0.3, 0.4) is 0 Å². The zero-order valence-corrected chi connectivity index (χ0v) is 12.4. The molecule has 0 bridgehead atoms. The van der Waals surface area contributed by atoms with Crippen molar-refractivity contribution in [3.63, 3.8) is 0 Å². The highest BCUT2D eigenvalue weighted by atomic mass is 16.5. The summed E-state index contributed by atoms with van der Waals surface area (Å²) in [6.07, 6.45) is 1.45. The number of aromatic nitrogens is 2. The normalized spacial score (nSPS) is 10.4. The zero-order valence-electron chi connectivity index (χ0n) is 12.4. The molecular weight excluding hydrogens is 268 g/mol. The van der Waals surface area contributed by atoms with Gasteiger partial charge in [-0.25, -0.2) is 0 Å². The molecule has 0 fully saturated rings. The topological polar surface area (TPSA) is 61.2 Å². The first-order valence-corrected chi connectivity index (χ1v) is 6.81. The maximum Gasteiger partial charge on any atom is 0.174 e. The molecule has 0 aliphatic heterocycles. The van der Waals surface area contributed by atoms with Gasteiger partial charge in [0.25, 0.3) is 0 Å². The molecule has 0 saturated carbocycles. The van der Waals surface area contributed by atoms with Gasteiger partial charge in [0, 0.05) is 13.2 Å². The van der Waals surface area contributed by atoms with Crippen LogP contribution in [0.4, 0.5) is 0 Å². The standard InChI is InChI=1S/C16H18N2O3/c1-4-21-16-8-6-5-7-12(16)14(19)9-15(20)13-10-18(3)17-11(13)2/h5-8,10H,4,9H2,1-3H3. The predicted octanol–water partition coefficient (Wildman–Crippen LogP) is 2.58. The molecular formula is C16H18N2O3. The molecule has 2 aromatic rings. The second kappa shape index (κ2) is 6.35. The lowest BCUT2D eigenvalue weighted by Crippen LogP contribution is -2.10. The molecule has 21 heavy (non-hydrogen) atoms. The SMILES string of the molecule is CCOc1ccccc1C(=O)CC(=O)c1cn(C)nc1C. The van der Waals surface area contributed by atoms with Crippen molar-refractivity contribution in [1.29, 1.82) is 0 Å². The van der Waals surface area contributed by atoms with Crippen LogP contribution in [0.5, 0.6) is 5.75 Å². The smallest absolute Gasteiger partial charge is 0.174 e. The summed E-state index contributed by atoms with van der Waals surface area (Å²) in [4.78, 5) is 24.5. The number of carbonyl (C=O) groups is 2. The number of rotatable bonds is 6. The highest BCUT2D eigenvalue weighted by molar-refractivity contribution is 6.14. The fourth-order valence-corrected chi connectivity index (χ4v) is 2.19. The maximum absolute atomic E-state index is 12.3. The molecule has 1 heterocycles. The number of hydrogen-bond donors (Lipinski definition) is 0. The van der Waals surface area contributed by atoms with Gasteiger partial charge in [0.2, 0.25) is 0 Å². The van der Waals surface area contributed by atoms with E-state index < -0.39 is 0 Å². The van der Waals surface area contributed by atoms with Crippen molar-refractivity contribution in [3.8, 4) is 5.75 Å². The number of benzene rings is 1. The van der Waals surface area contributed by atoms with Gasteiger partial charge in [0.15, 0.2) is 11.6 Å². The molecule has 0 spiro atoms. The van der Waals surface area contributed by atoms with E-state index >= 15 is 0 Å². The first kappa shape index (κ1) is 15.0. The average molecular weight is 286 g/mol. The van der Waals surface area contributed by atoms with Gasteiger partial charge in [-0.3, -0.25) is 14.3 Å². The van der Waals surface area contributed by atoms with Crippen LogP contribution in [0.25, 0.3) is 0 Å². The fourth-order valence-electron chi connectivity index (χ4n) is 2.19. The average Bonchev–Trinajstić information content (AvgIpc) is 2.78.